The van der Waals surface area contributed by atoms with Crippen LogP contribution in [0.2, 0.25) is 0 Å². The number of rotatable bonds is 10. The van der Waals surface area contributed by atoms with Crippen molar-refractivity contribution < 1.29 is 14.2 Å². The van der Waals surface area contributed by atoms with Gasteiger partial charge in [-0.05, 0) is 43.2 Å². The fraction of sp³-hybridized carbons (Fsp3) is 0.409. The molecule has 6 nitrogen and oxygen atoms in total. The molecule has 0 heterocycles. The molecule has 0 aliphatic carbocycles. The Bertz CT molecular complexity index is 745. The maximum Gasteiger partial charge on any atom is 0.191 e. The number of methoxy groups -OCH3 is 1. The van der Waals surface area contributed by atoms with E-state index in [1.54, 1.807) is 14.2 Å². The summed E-state index contributed by atoms with van der Waals surface area (Å²) < 4.78 is 16.4. The third kappa shape index (κ3) is 7.12. The third-order valence-electron chi connectivity index (χ3n) is 4.20. The number of nitrogens with zero attached hydrogens (tertiary/aromatic N) is 1. The lowest BCUT2D eigenvalue weighted by Gasteiger charge is -2.15. The minimum Gasteiger partial charge on any atom is -0.497 e. The number of aryl methyl sites for hydroxylation is 1. The Hall–Kier alpha value is -2.73. The van der Waals surface area contributed by atoms with Gasteiger partial charge < -0.3 is 24.8 Å². The largest absolute Gasteiger partial charge is 0.497 e. The summed E-state index contributed by atoms with van der Waals surface area (Å²) in [7, 11) is 3.43. The molecule has 0 aliphatic heterocycles. The second-order valence-corrected chi connectivity index (χ2v) is 6.28. The number of guanidine groups is 1. The average Bonchev–Trinajstić information content (AvgIpc) is 2.73. The van der Waals surface area contributed by atoms with Crippen LogP contribution in [0, 0.1) is 6.92 Å². The summed E-state index contributed by atoms with van der Waals surface area (Å²) in [5.74, 6) is 2.46. The quantitative estimate of drug-likeness (QED) is 0.373. The standard InChI is InChI=1S/C22H31N3O3/c1-5-27-12-13-28-21-14-17(2)6-9-19(21)16-25-22(23-3)24-15-18-7-10-20(26-4)11-8-18/h6-11,14H,5,12-13,15-16H2,1-4H3,(H2,23,24,25). The number of benzene rings is 2. The molecule has 0 atom stereocenters. The van der Waals surface area contributed by atoms with Crippen LogP contribution >= 0.6 is 0 Å². The smallest absolute Gasteiger partial charge is 0.191 e. The van der Waals surface area contributed by atoms with Crippen molar-refractivity contribution in [1.82, 2.24) is 10.6 Å². The normalized spacial score (nSPS) is 11.2. The molecule has 0 radical (unpaired) electrons. The van der Waals surface area contributed by atoms with Crippen LogP contribution in [0.5, 0.6) is 11.5 Å². The SMILES string of the molecule is CCOCCOc1cc(C)ccc1CNC(=NC)NCc1ccc(OC)cc1. The van der Waals surface area contributed by atoms with Crippen LogP contribution in [0.4, 0.5) is 0 Å². The van der Waals surface area contributed by atoms with Crippen molar-refractivity contribution in [2.75, 3.05) is 34.0 Å². The molecule has 152 valence electrons. The van der Waals surface area contributed by atoms with Gasteiger partial charge in [-0.25, -0.2) is 0 Å². The van der Waals surface area contributed by atoms with Gasteiger partial charge in [-0.2, -0.15) is 0 Å². The van der Waals surface area contributed by atoms with E-state index in [0.29, 0.717) is 32.9 Å². The molecule has 0 aromatic heterocycles. The zero-order valence-electron chi connectivity index (χ0n) is 17.2. The van der Waals surface area contributed by atoms with Gasteiger partial charge in [0, 0.05) is 32.3 Å². The van der Waals surface area contributed by atoms with E-state index in [-0.39, 0.29) is 0 Å². The summed E-state index contributed by atoms with van der Waals surface area (Å²) in [5.41, 5.74) is 3.39. The Morgan fingerprint density at radius 1 is 1.00 bits per heavy atom. The molecule has 28 heavy (non-hydrogen) atoms. The minimum atomic E-state index is 0.536. The maximum atomic E-state index is 5.90. The molecule has 0 unspecified atom stereocenters. The fourth-order valence-electron chi connectivity index (χ4n) is 2.63. The first kappa shape index (κ1) is 21.6. The lowest BCUT2D eigenvalue weighted by atomic mass is 10.1. The highest BCUT2D eigenvalue weighted by molar-refractivity contribution is 5.79. The summed E-state index contributed by atoms with van der Waals surface area (Å²) in [5, 5.41) is 6.66. The molecule has 6 heteroatoms. The monoisotopic (exact) mass is 385 g/mol. The van der Waals surface area contributed by atoms with Gasteiger partial charge in [0.05, 0.1) is 13.7 Å². The molecular formula is C22H31N3O3. The van der Waals surface area contributed by atoms with Gasteiger partial charge >= 0.3 is 0 Å². The second kappa shape index (κ2) is 11.9. The van der Waals surface area contributed by atoms with Crippen molar-refractivity contribution in [1.29, 1.82) is 0 Å². The topological polar surface area (TPSA) is 64.1 Å². The van der Waals surface area contributed by atoms with Crippen LogP contribution in [0.3, 0.4) is 0 Å². The highest BCUT2D eigenvalue weighted by atomic mass is 16.5. The molecule has 2 aromatic carbocycles. The number of ether oxygens (including phenoxy) is 3. The van der Waals surface area contributed by atoms with Crippen molar-refractivity contribution in [3.05, 3.63) is 59.2 Å². The number of nitrogens with one attached hydrogen (secondary N) is 2. The van der Waals surface area contributed by atoms with E-state index in [2.05, 4.69) is 40.7 Å². The zero-order chi connectivity index (χ0) is 20.2. The number of aliphatic imine (C=N–C) groups is 1. The maximum absolute atomic E-state index is 5.90. The fourth-order valence-corrected chi connectivity index (χ4v) is 2.63. The molecule has 2 aromatic rings. The molecule has 0 amide bonds. The lowest BCUT2D eigenvalue weighted by molar-refractivity contribution is 0.110. The van der Waals surface area contributed by atoms with Crippen molar-refractivity contribution in [2.45, 2.75) is 26.9 Å². The van der Waals surface area contributed by atoms with E-state index >= 15 is 0 Å². The second-order valence-electron chi connectivity index (χ2n) is 6.28. The minimum absolute atomic E-state index is 0.536. The van der Waals surface area contributed by atoms with E-state index in [0.717, 1.165) is 34.1 Å². The molecule has 0 spiro atoms. The predicted octanol–water partition coefficient (Wildman–Crippen LogP) is 3.28. The molecule has 2 rings (SSSR count). The van der Waals surface area contributed by atoms with Gasteiger partial charge in [0.2, 0.25) is 0 Å². The zero-order valence-corrected chi connectivity index (χ0v) is 17.2. The first-order valence-electron chi connectivity index (χ1n) is 9.53. The molecule has 0 aliphatic rings. The summed E-state index contributed by atoms with van der Waals surface area (Å²) in [4.78, 5) is 4.29. The van der Waals surface area contributed by atoms with Crippen LogP contribution in [0.1, 0.15) is 23.6 Å². The van der Waals surface area contributed by atoms with Gasteiger partial charge in [0.1, 0.15) is 18.1 Å². The summed E-state index contributed by atoms with van der Waals surface area (Å²) in [6, 6.07) is 14.2. The van der Waals surface area contributed by atoms with Gasteiger partial charge in [-0.1, -0.05) is 24.3 Å². The Morgan fingerprint density at radius 2 is 1.75 bits per heavy atom. The van der Waals surface area contributed by atoms with Gasteiger partial charge in [0.25, 0.3) is 0 Å². The van der Waals surface area contributed by atoms with Gasteiger partial charge in [0.15, 0.2) is 5.96 Å². The first-order valence-corrected chi connectivity index (χ1v) is 9.53. The Labute approximate surface area is 167 Å². The van der Waals surface area contributed by atoms with E-state index < -0.39 is 0 Å². The number of hydrogen-bond donors (Lipinski definition) is 2. The Morgan fingerprint density at radius 3 is 2.43 bits per heavy atom. The molecular weight excluding hydrogens is 354 g/mol. The van der Waals surface area contributed by atoms with Crippen LogP contribution < -0.4 is 20.1 Å². The highest BCUT2D eigenvalue weighted by Gasteiger charge is 2.06. The van der Waals surface area contributed by atoms with Crippen molar-refractivity contribution in [3.8, 4) is 11.5 Å². The average molecular weight is 386 g/mol. The Balaban J connectivity index is 1.89. The van der Waals surface area contributed by atoms with E-state index in [4.69, 9.17) is 14.2 Å². The number of hydrogen-bond acceptors (Lipinski definition) is 4. The van der Waals surface area contributed by atoms with E-state index in [1.165, 1.54) is 0 Å². The van der Waals surface area contributed by atoms with Crippen LogP contribution in [-0.4, -0.2) is 39.9 Å². The predicted molar refractivity (Wildman–Crippen MR) is 113 cm³/mol. The van der Waals surface area contributed by atoms with Crippen molar-refractivity contribution >= 4 is 5.96 Å². The Kier molecular flexibility index (Phi) is 9.15. The lowest BCUT2D eigenvalue weighted by Crippen LogP contribution is -2.36. The highest BCUT2D eigenvalue weighted by Crippen LogP contribution is 2.20. The molecule has 0 saturated carbocycles. The van der Waals surface area contributed by atoms with Gasteiger partial charge in [-0.3, -0.25) is 4.99 Å². The summed E-state index contributed by atoms with van der Waals surface area (Å²) in [6.07, 6.45) is 0. The van der Waals surface area contributed by atoms with Crippen LogP contribution in [-0.2, 0) is 17.8 Å². The van der Waals surface area contributed by atoms with Crippen LogP contribution in [0.25, 0.3) is 0 Å². The molecule has 0 fully saturated rings. The first-order chi connectivity index (χ1) is 13.7. The van der Waals surface area contributed by atoms with Gasteiger partial charge in [-0.15, -0.1) is 0 Å². The van der Waals surface area contributed by atoms with Crippen molar-refractivity contribution in [3.63, 3.8) is 0 Å². The molecule has 2 N–H and O–H groups in total. The molecule has 0 bridgehead atoms. The van der Waals surface area contributed by atoms with E-state index in [9.17, 15) is 0 Å². The third-order valence-corrected chi connectivity index (χ3v) is 4.20. The van der Waals surface area contributed by atoms with Crippen molar-refractivity contribution in [2.24, 2.45) is 4.99 Å². The summed E-state index contributed by atoms with van der Waals surface area (Å²) >= 11 is 0. The van der Waals surface area contributed by atoms with E-state index in [1.807, 2.05) is 31.2 Å². The van der Waals surface area contributed by atoms with Crippen LogP contribution in [0.15, 0.2) is 47.5 Å². The molecule has 0 saturated heterocycles. The summed E-state index contributed by atoms with van der Waals surface area (Å²) in [6.45, 7) is 7.15.